The molecule has 1 atom stereocenters. The first kappa shape index (κ1) is 14.7. The van der Waals surface area contributed by atoms with Gasteiger partial charge in [-0.2, -0.15) is 5.10 Å². The molecule has 1 amide bonds. The summed E-state index contributed by atoms with van der Waals surface area (Å²) in [4.78, 5) is 13.8. The van der Waals surface area contributed by atoms with E-state index >= 15 is 0 Å². The van der Waals surface area contributed by atoms with Gasteiger partial charge in [-0.05, 0) is 33.6 Å². The van der Waals surface area contributed by atoms with E-state index < -0.39 is 5.60 Å². The van der Waals surface area contributed by atoms with Gasteiger partial charge in [-0.15, -0.1) is 0 Å². The lowest BCUT2D eigenvalue weighted by Crippen LogP contribution is -2.46. The maximum Gasteiger partial charge on any atom is 0.410 e. The van der Waals surface area contributed by atoms with Crippen LogP contribution in [0.3, 0.4) is 0 Å². The normalized spacial score (nSPS) is 19.8. The van der Waals surface area contributed by atoms with Crippen molar-refractivity contribution in [2.75, 3.05) is 13.1 Å². The van der Waals surface area contributed by atoms with Gasteiger partial charge in [0, 0.05) is 19.7 Å². The Kier molecular flexibility index (Phi) is 4.20. The SMILES string of the molecule is Cn1nccc1O[C@@H]1CCCN(C(=O)OC(C)(C)C)C1. The number of rotatable bonds is 2. The number of ether oxygens (including phenoxy) is 2. The quantitative estimate of drug-likeness (QED) is 0.834. The molecule has 0 unspecified atom stereocenters. The summed E-state index contributed by atoms with van der Waals surface area (Å²) < 4.78 is 13.0. The zero-order valence-electron chi connectivity index (χ0n) is 12.6. The van der Waals surface area contributed by atoms with Crippen molar-refractivity contribution in [2.24, 2.45) is 7.05 Å². The Morgan fingerprint density at radius 1 is 1.45 bits per heavy atom. The highest BCUT2D eigenvalue weighted by atomic mass is 16.6. The summed E-state index contributed by atoms with van der Waals surface area (Å²) in [5.74, 6) is 0.723. The molecule has 0 radical (unpaired) electrons. The molecule has 1 saturated heterocycles. The molecule has 1 aliphatic rings. The summed E-state index contributed by atoms with van der Waals surface area (Å²) >= 11 is 0. The van der Waals surface area contributed by atoms with Crippen LogP contribution in [-0.2, 0) is 11.8 Å². The largest absolute Gasteiger partial charge is 0.473 e. The molecule has 20 heavy (non-hydrogen) atoms. The van der Waals surface area contributed by atoms with E-state index in [4.69, 9.17) is 9.47 Å². The van der Waals surface area contributed by atoms with Gasteiger partial charge in [0.1, 0.15) is 11.7 Å². The standard InChI is InChI=1S/C14H23N3O3/c1-14(2,3)20-13(18)17-9-5-6-11(10-17)19-12-7-8-15-16(12)4/h7-8,11H,5-6,9-10H2,1-4H3/t11-/m1/s1. The third-order valence-corrected chi connectivity index (χ3v) is 3.09. The van der Waals surface area contributed by atoms with E-state index in [1.807, 2.05) is 33.9 Å². The molecule has 2 heterocycles. The maximum atomic E-state index is 12.1. The minimum atomic E-state index is -0.465. The van der Waals surface area contributed by atoms with E-state index in [9.17, 15) is 4.79 Å². The fourth-order valence-corrected chi connectivity index (χ4v) is 2.17. The zero-order valence-corrected chi connectivity index (χ0v) is 12.6. The van der Waals surface area contributed by atoms with Gasteiger partial charge < -0.3 is 14.4 Å². The van der Waals surface area contributed by atoms with Gasteiger partial charge in [-0.1, -0.05) is 0 Å². The lowest BCUT2D eigenvalue weighted by Gasteiger charge is -2.34. The van der Waals surface area contributed by atoms with Crippen LogP contribution in [0.1, 0.15) is 33.6 Å². The number of carbonyl (C=O) groups excluding carboxylic acids is 1. The lowest BCUT2D eigenvalue weighted by atomic mass is 10.1. The molecule has 1 aromatic rings. The van der Waals surface area contributed by atoms with Crippen LogP contribution in [0.2, 0.25) is 0 Å². The highest BCUT2D eigenvalue weighted by Gasteiger charge is 2.28. The number of aromatic nitrogens is 2. The van der Waals surface area contributed by atoms with E-state index in [2.05, 4.69) is 5.10 Å². The molecule has 0 spiro atoms. The van der Waals surface area contributed by atoms with Gasteiger partial charge in [-0.25, -0.2) is 9.48 Å². The van der Waals surface area contributed by atoms with E-state index in [0.717, 1.165) is 25.3 Å². The fraction of sp³-hybridized carbons (Fsp3) is 0.714. The summed E-state index contributed by atoms with van der Waals surface area (Å²) in [6.45, 7) is 6.90. The van der Waals surface area contributed by atoms with E-state index in [1.165, 1.54) is 0 Å². The van der Waals surface area contributed by atoms with Crippen molar-refractivity contribution in [3.8, 4) is 5.88 Å². The summed E-state index contributed by atoms with van der Waals surface area (Å²) in [5, 5.41) is 4.07. The summed E-state index contributed by atoms with van der Waals surface area (Å²) in [6.07, 6.45) is 3.28. The van der Waals surface area contributed by atoms with Crippen molar-refractivity contribution in [1.29, 1.82) is 0 Å². The summed E-state index contributed by atoms with van der Waals surface area (Å²) in [6, 6.07) is 1.83. The Labute approximate surface area is 119 Å². The molecule has 6 heteroatoms. The Hall–Kier alpha value is -1.72. The van der Waals surface area contributed by atoms with Crippen LogP contribution < -0.4 is 4.74 Å². The Balaban J connectivity index is 1.92. The Bertz CT molecular complexity index is 464. The van der Waals surface area contributed by atoms with Crippen molar-refractivity contribution in [1.82, 2.24) is 14.7 Å². The highest BCUT2D eigenvalue weighted by molar-refractivity contribution is 5.68. The van der Waals surface area contributed by atoms with E-state index in [0.29, 0.717) is 6.54 Å². The van der Waals surface area contributed by atoms with Crippen LogP contribution in [0.15, 0.2) is 12.3 Å². The van der Waals surface area contributed by atoms with Crippen LogP contribution in [0.5, 0.6) is 5.88 Å². The number of amides is 1. The van der Waals surface area contributed by atoms with Gasteiger partial charge in [0.05, 0.1) is 12.7 Å². The van der Waals surface area contributed by atoms with Gasteiger partial charge in [0.15, 0.2) is 0 Å². The molecule has 112 valence electrons. The van der Waals surface area contributed by atoms with E-state index in [-0.39, 0.29) is 12.2 Å². The van der Waals surface area contributed by atoms with Crippen LogP contribution >= 0.6 is 0 Å². The molecular weight excluding hydrogens is 258 g/mol. The number of aryl methyl sites for hydroxylation is 1. The van der Waals surface area contributed by atoms with Crippen molar-refractivity contribution in [3.05, 3.63) is 12.3 Å². The van der Waals surface area contributed by atoms with Crippen LogP contribution in [-0.4, -0.2) is 45.6 Å². The Morgan fingerprint density at radius 3 is 2.80 bits per heavy atom. The average molecular weight is 281 g/mol. The van der Waals surface area contributed by atoms with Crippen molar-refractivity contribution in [2.45, 2.75) is 45.3 Å². The Morgan fingerprint density at radius 2 is 2.20 bits per heavy atom. The second kappa shape index (κ2) is 5.73. The average Bonchev–Trinajstić information content (AvgIpc) is 2.73. The van der Waals surface area contributed by atoms with Gasteiger partial charge in [-0.3, -0.25) is 0 Å². The molecule has 1 aromatic heterocycles. The number of likely N-dealkylation sites (tertiary alicyclic amines) is 1. The highest BCUT2D eigenvalue weighted by Crippen LogP contribution is 2.19. The predicted octanol–water partition coefficient (Wildman–Crippen LogP) is 2.20. The van der Waals surface area contributed by atoms with Crippen LogP contribution in [0.25, 0.3) is 0 Å². The first-order valence-electron chi connectivity index (χ1n) is 6.98. The molecule has 0 aliphatic carbocycles. The summed E-state index contributed by atoms with van der Waals surface area (Å²) in [7, 11) is 1.84. The molecule has 0 bridgehead atoms. The predicted molar refractivity (Wildman–Crippen MR) is 74.7 cm³/mol. The van der Waals surface area contributed by atoms with Crippen molar-refractivity contribution in [3.63, 3.8) is 0 Å². The second-order valence-electron chi connectivity index (χ2n) is 6.10. The number of piperidine rings is 1. The topological polar surface area (TPSA) is 56.6 Å². The monoisotopic (exact) mass is 281 g/mol. The first-order chi connectivity index (χ1) is 9.35. The zero-order chi connectivity index (χ0) is 14.8. The first-order valence-corrected chi connectivity index (χ1v) is 6.98. The van der Waals surface area contributed by atoms with Crippen LogP contribution in [0.4, 0.5) is 4.79 Å². The molecule has 0 aromatic carbocycles. The summed E-state index contributed by atoms with van der Waals surface area (Å²) in [5.41, 5.74) is -0.465. The lowest BCUT2D eigenvalue weighted by molar-refractivity contribution is 0.00677. The third kappa shape index (κ3) is 3.88. The van der Waals surface area contributed by atoms with Gasteiger partial charge in [0.25, 0.3) is 0 Å². The van der Waals surface area contributed by atoms with E-state index in [1.54, 1.807) is 15.8 Å². The smallest absolute Gasteiger partial charge is 0.410 e. The van der Waals surface area contributed by atoms with Crippen molar-refractivity contribution >= 4 is 6.09 Å². The molecule has 0 saturated carbocycles. The molecule has 0 N–H and O–H groups in total. The second-order valence-corrected chi connectivity index (χ2v) is 6.10. The number of hydrogen-bond acceptors (Lipinski definition) is 4. The molecular formula is C14H23N3O3. The number of carbonyl (C=O) groups is 1. The minimum absolute atomic E-state index is 0.00771. The third-order valence-electron chi connectivity index (χ3n) is 3.09. The minimum Gasteiger partial charge on any atom is -0.473 e. The van der Waals surface area contributed by atoms with Gasteiger partial charge in [0.2, 0.25) is 5.88 Å². The number of nitrogens with zero attached hydrogens (tertiary/aromatic N) is 3. The molecule has 1 fully saturated rings. The maximum absolute atomic E-state index is 12.1. The molecule has 1 aliphatic heterocycles. The fourth-order valence-electron chi connectivity index (χ4n) is 2.17. The van der Waals surface area contributed by atoms with Gasteiger partial charge >= 0.3 is 6.09 Å². The van der Waals surface area contributed by atoms with Crippen molar-refractivity contribution < 1.29 is 14.3 Å². The number of hydrogen-bond donors (Lipinski definition) is 0. The van der Waals surface area contributed by atoms with Crippen LogP contribution in [0, 0.1) is 0 Å². The molecule has 6 nitrogen and oxygen atoms in total. The molecule has 2 rings (SSSR count).